The first kappa shape index (κ1) is 16.7. The van der Waals surface area contributed by atoms with Gasteiger partial charge in [-0.1, -0.05) is 26.2 Å². The highest BCUT2D eigenvalue weighted by atomic mass is 32.1. The summed E-state index contributed by atoms with van der Waals surface area (Å²) in [4.78, 5) is 8.45. The van der Waals surface area contributed by atoms with E-state index in [4.69, 9.17) is 9.72 Å². The minimum absolute atomic E-state index is 0.606. The second kappa shape index (κ2) is 8.71. The molecule has 0 aliphatic heterocycles. The SMILES string of the molecule is CCNCc1sc(N(C)CC2CCCCC2)nc1COC. The molecule has 0 atom stereocenters. The van der Waals surface area contributed by atoms with Crippen LogP contribution in [0.1, 0.15) is 49.6 Å². The number of aromatic nitrogens is 1. The third kappa shape index (κ3) is 4.94. The van der Waals surface area contributed by atoms with Crippen molar-refractivity contribution in [1.82, 2.24) is 10.3 Å². The van der Waals surface area contributed by atoms with Gasteiger partial charge in [-0.05, 0) is 25.3 Å². The molecule has 0 radical (unpaired) electrons. The monoisotopic (exact) mass is 311 g/mol. The number of ether oxygens (including phenoxy) is 1. The van der Waals surface area contributed by atoms with Gasteiger partial charge in [-0.3, -0.25) is 0 Å². The van der Waals surface area contributed by atoms with Crippen LogP contribution in [0.25, 0.3) is 0 Å². The van der Waals surface area contributed by atoms with Crippen LogP contribution in [0.15, 0.2) is 0 Å². The molecule has 1 aliphatic carbocycles. The highest BCUT2D eigenvalue weighted by Crippen LogP contribution is 2.29. The van der Waals surface area contributed by atoms with Gasteiger partial charge >= 0.3 is 0 Å². The first-order valence-electron chi connectivity index (χ1n) is 8.14. The fraction of sp³-hybridized carbons (Fsp3) is 0.812. The number of rotatable bonds is 8. The van der Waals surface area contributed by atoms with Gasteiger partial charge in [0.1, 0.15) is 0 Å². The van der Waals surface area contributed by atoms with Crippen molar-refractivity contribution < 1.29 is 4.74 Å². The lowest BCUT2D eigenvalue weighted by molar-refractivity contribution is 0.181. The largest absolute Gasteiger partial charge is 0.378 e. The normalized spacial score (nSPS) is 16.3. The summed E-state index contributed by atoms with van der Waals surface area (Å²) in [5, 5.41) is 4.53. The Balaban J connectivity index is 1.99. The van der Waals surface area contributed by atoms with Crippen LogP contribution in [-0.4, -0.2) is 32.2 Å². The van der Waals surface area contributed by atoms with E-state index in [1.807, 2.05) is 11.3 Å². The summed E-state index contributed by atoms with van der Waals surface area (Å²) in [5.41, 5.74) is 1.09. The predicted octanol–water partition coefficient (Wildman–Crippen LogP) is 3.42. The number of hydrogen-bond donors (Lipinski definition) is 1. The van der Waals surface area contributed by atoms with Crippen molar-refractivity contribution in [2.75, 3.05) is 32.1 Å². The smallest absolute Gasteiger partial charge is 0.185 e. The molecule has 1 aromatic rings. The molecule has 5 heteroatoms. The number of thiazole rings is 1. The Kier molecular flexibility index (Phi) is 6.93. The Bertz CT molecular complexity index is 416. The zero-order valence-electron chi connectivity index (χ0n) is 13.7. The molecule has 0 unspecified atom stereocenters. The van der Waals surface area contributed by atoms with Crippen molar-refractivity contribution in [2.45, 2.75) is 52.2 Å². The fourth-order valence-corrected chi connectivity index (χ4v) is 4.00. The van der Waals surface area contributed by atoms with E-state index in [1.54, 1.807) is 7.11 Å². The van der Waals surface area contributed by atoms with Crippen molar-refractivity contribution in [3.8, 4) is 0 Å². The molecule has 1 heterocycles. The molecule has 120 valence electrons. The number of anilines is 1. The summed E-state index contributed by atoms with van der Waals surface area (Å²) in [7, 11) is 3.92. The summed E-state index contributed by atoms with van der Waals surface area (Å²) in [6.07, 6.45) is 6.98. The summed E-state index contributed by atoms with van der Waals surface area (Å²) in [6.45, 7) is 5.75. The van der Waals surface area contributed by atoms with Gasteiger partial charge in [0.25, 0.3) is 0 Å². The average Bonchev–Trinajstić information content (AvgIpc) is 2.90. The Hall–Kier alpha value is -0.650. The maximum atomic E-state index is 5.29. The van der Waals surface area contributed by atoms with Crippen LogP contribution >= 0.6 is 11.3 Å². The first-order valence-corrected chi connectivity index (χ1v) is 8.95. The minimum Gasteiger partial charge on any atom is -0.378 e. The van der Waals surface area contributed by atoms with Crippen LogP contribution in [0, 0.1) is 5.92 Å². The van der Waals surface area contributed by atoms with Gasteiger partial charge in [-0.25, -0.2) is 4.98 Å². The summed E-state index contributed by atoms with van der Waals surface area (Å²) < 4.78 is 5.29. The van der Waals surface area contributed by atoms with Crippen LogP contribution in [0.3, 0.4) is 0 Å². The molecular weight excluding hydrogens is 282 g/mol. The fourth-order valence-electron chi connectivity index (χ4n) is 2.99. The molecule has 1 aromatic heterocycles. The maximum absolute atomic E-state index is 5.29. The van der Waals surface area contributed by atoms with E-state index in [0.717, 1.165) is 36.4 Å². The van der Waals surface area contributed by atoms with Gasteiger partial charge in [-0.15, -0.1) is 11.3 Å². The van der Waals surface area contributed by atoms with Gasteiger partial charge in [0.15, 0.2) is 5.13 Å². The van der Waals surface area contributed by atoms with E-state index in [-0.39, 0.29) is 0 Å². The summed E-state index contributed by atoms with van der Waals surface area (Å²) in [5.74, 6) is 0.843. The predicted molar refractivity (Wildman–Crippen MR) is 90.1 cm³/mol. The Morgan fingerprint density at radius 3 is 2.76 bits per heavy atom. The van der Waals surface area contributed by atoms with Crippen molar-refractivity contribution in [2.24, 2.45) is 5.92 Å². The molecule has 1 N–H and O–H groups in total. The quantitative estimate of drug-likeness (QED) is 0.798. The molecule has 0 aromatic carbocycles. The molecule has 1 fully saturated rings. The Morgan fingerprint density at radius 1 is 1.33 bits per heavy atom. The third-order valence-electron chi connectivity index (χ3n) is 4.17. The van der Waals surface area contributed by atoms with Crippen molar-refractivity contribution in [1.29, 1.82) is 0 Å². The van der Waals surface area contributed by atoms with Crippen molar-refractivity contribution >= 4 is 16.5 Å². The number of methoxy groups -OCH3 is 1. The van der Waals surface area contributed by atoms with Crippen molar-refractivity contribution in [3.63, 3.8) is 0 Å². The summed E-state index contributed by atoms with van der Waals surface area (Å²) >= 11 is 1.81. The van der Waals surface area contributed by atoms with Crippen molar-refractivity contribution in [3.05, 3.63) is 10.6 Å². The first-order chi connectivity index (χ1) is 10.2. The lowest BCUT2D eigenvalue weighted by Gasteiger charge is -2.26. The molecule has 1 saturated carbocycles. The van der Waals surface area contributed by atoms with Crippen LogP contribution in [0.4, 0.5) is 5.13 Å². The standard InChI is InChI=1S/C16H29N3OS/c1-4-17-10-15-14(12-20-3)18-16(21-15)19(2)11-13-8-6-5-7-9-13/h13,17H,4-12H2,1-3H3. The van der Waals surface area contributed by atoms with Gasteiger partial charge in [0.2, 0.25) is 0 Å². The summed E-state index contributed by atoms with van der Waals surface area (Å²) in [6, 6.07) is 0. The molecule has 4 nitrogen and oxygen atoms in total. The number of nitrogens with zero attached hydrogens (tertiary/aromatic N) is 2. The van der Waals surface area contributed by atoms with Gasteiger partial charge in [0.05, 0.1) is 12.3 Å². The van der Waals surface area contributed by atoms with Crippen LogP contribution in [0.5, 0.6) is 0 Å². The Morgan fingerprint density at radius 2 is 2.10 bits per heavy atom. The number of hydrogen-bond acceptors (Lipinski definition) is 5. The molecule has 2 rings (SSSR count). The molecule has 1 aliphatic rings. The topological polar surface area (TPSA) is 37.4 Å². The molecular formula is C16H29N3OS. The van der Waals surface area contributed by atoms with Gasteiger partial charge < -0.3 is 15.0 Å². The molecule has 0 spiro atoms. The van der Waals surface area contributed by atoms with Crippen LogP contribution in [0.2, 0.25) is 0 Å². The van der Waals surface area contributed by atoms with E-state index < -0.39 is 0 Å². The zero-order chi connectivity index (χ0) is 15.1. The lowest BCUT2D eigenvalue weighted by atomic mass is 9.89. The molecule has 0 saturated heterocycles. The zero-order valence-corrected chi connectivity index (χ0v) is 14.5. The van der Waals surface area contributed by atoms with Crippen LogP contribution in [-0.2, 0) is 17.9 Å². The second-order valence-electron chi connectivity index (χ2n) is 5.96. The highest BCUT2D eigenvalue weighted by molar-refractivity contribution is 7.15. The minimum atomic E-state index is 0.606. The van der Waals surface area contributed by atoms with Gasteiger partial charge in [-0.2, -0.15) is 0 Å². The maximum Gasteiger partial charge on any atom is 0.185 e. The lowest BCUT2D eigenvalue weighted by Crippen LogP contribution is -2.26. The van der Waals surface area contributed by atoms with Crippen LogP contribution < -0.4 is 10.2 Å². The molecule has 0 bridgehead atoms. The second-order valence-corrected chi connectivity index (χ2v) is 7.03. The Labute approximate surface area is 132 Å². The van der Waals surface area contributed by atoms with E-state index in [2.05, 4.69) is 24.2 Å². The van der Waals surface area contributed by atoms with E-state index in [1.165, 1.54) is 37.0 Å². The van der Waals surface area contributed by atoms with E-state index in [9.17, 15) is 0 Å². The highest BCUT2D eigenvalue weighted by Gasteiger charge is 2.19. The molecule has 0 amide bonds. The molecule has 21 heavy (non-hydrogen) atoms. The number of nitrogens with one attached hydrogen (secondary N) is 1. The third-order valence-corrected chi connectivity index (χ3v) is 5.38. The average molecular weight is 311 g/mol. The van der Waals surface area contributed by atoms with E-state index >= 15 is 0 Å². The van der Waals surface area contributed by atoms with E-state index in [0.29, 0.717) is 6.61 Å². The van der Waals surface area contributed by atoms with Gasteiger partial charge in [0, 0.05) is 32.1 Å².